The third kappa shape index (κ3) is 5.82. The topological polar surface area (TPSA) is 98.6 Å². The van der Waals surface area contributed by atoms with Crippen LogP contribution in [0.3, 0.4) is 0 Å². The van der Waals surface area contributed by atoms with Gasteiger partial charge in [-0.25, -0.2) is 15.0 Å². The lowest BCUT2D eigenvalue weighted by Gasteiger charge is -2.16. The van der Waals surface area contributed by atoms with Crippen molar-refractivity contribution in [2.45, 2.75) is 0 Å². The number of fused-ring (bicyclic) bond motifs is 13. The van der Waals surface area contributed by atoms with Crippen molar-refractivity contribution >= 4 is 87.5 Å². The highest BCUT2D eigenvalue weighted by molar-refractivity contribution is 6.30. The maximum absolute atomic E-state index is 11.5. The van der Waals surface area contributed by atoms with Crippen molar-refractivity contribution in [2.75, 3.05) is 0 Å². The molecule has 5 aromatic heterocycles. The third-order valence-corrected chi connectivity index (χ3v) is 14.2. The van der Waals surface area contributed by atoms with Crippen LogP contribution in [0.25, 0.3) is 144 Å². The van der Waals surface area contributed by atoms with Crippen LogP contribution < -0.4 is 0 Å². The Hall–Kier alpha value is -10.1. The van der Waals surface area contributed by atoms with Gasteiger partial charge in [0.15, 0.2) is 17.5 Å². The Kier molecular flexibility index (Phi) is 8.55. The number of para-hydroxylation sites is 5. The van der Waals surface area contributed by atoms with Crippen LogP contribution in [-0.4, -0.2) is 24.1 Å². The van der Waals surface area contributed by atoms with Crippen LogP contribution in [0.2, 0.25) is 0 Å². The number of hydrogen-bond acceptors (Lipinski definition) is 6. The SMILES string of the molecule is N#Cc1cc(-n2c3ccccc3c3c2c(-c2ccc4oc5ccccc5c4c2)cc2c4ccccc4n(-c4ccccc4)c23)c2c(oc3ccccc32)c1-c1nc(-c2ccccc2)nc(-c2ccccc2)n1. The van der Waals surface area contributed by atoms with Gasteiger partial charge in [-0.15, -0.1) is 0 Å². The number of hydrogen-bond donors (Lipinski definition) is 0. The van der Waals surface area contributed by atoms with Crippen LogP contribution in [0.15, 0.2) is 227 Å². The molecular formula is C64H36N6O2. The van der Waals surface area contributed by atoms with Crippen LogP contribution in [0.1, 0.15) is 5.56 Å². The Morgan fingerprint density at radius 2 is 0.944 bits per heavy atom. The highest BCUT2D eigenvalue weighted by Gasteiger charge is 2.29. The van der Waals surface area contributed by atoms with Gasteiger partial charge in [0.2, 0.25) is 0 Å². The Bertz CT molecular complexity index is 4690. The third-order valence-electron chi connectivity index (χ3n) is 14.2. The number of aromatic nitrogens is 5. The molecule has 0 bridgehead atoms. The molecule has 0 spiro atoms. The van der Waals surface area contributed by atoms with Gasteiger partial charge < -0.3 is 18.0 Å². The lowest BCUT2D eigenvalue weighted by Crippen LogP contribution is -2.03. The van der Waals surface area contributed by atoms with E-state index >= 15 is 0 Å². The number of furan rings is 2. The Morgan fingerprint density at radius 3 is 1.64 bits per heavy atom. The van der Waals surface area contributed by atoms with Crippen LogP contribution in [0, 0.1) is 11.3 Å². The zero-order chi connectivity index (χ0) is 47.4. The van der Waals surface area contributed by atoms with Gasteiger partial charge >= 0.3 is 0 Å². The maximum atomic E-state index is 11.5. The number of benzene rings is 10. The Balaban J connectivity index is 1.12. The van der Waals surface area contributed by atoms with E-state index in [-0.39, 0.29) is 0 Å². The van der Waals surface area contributed by atoms with Crippen molar-refractivity contribution in [2.24, 2.45) is 0 Å². The molecule has 0 N–H and O–H groups in total. The largest absolute Gasteiger partial charge is 0.456 e. The molecular weight excluding hydrogens is 885 g/mol. The summed E-state index contributed by atoms with van der Waals surface area (Å²) in [4.78, 5) is 15.3. The molecule has 0 aliphatic heterocycles. The van der Waals surface area contributed by atoms with Crippen LogP contribution >= 0.6 is 0 Å². The predicted octanol–water partition coefficient (Wildman–Crippen LogP) is 16.4. The summed E-state index contributed by atoms with van der Waals surface area (Å²) in [7, 11) is 0. The van der Waals surface area contributed by atoms with E-state index in [2.05, 4.69) is 137 Å². The summed E-state index contributed by atoms with van der Waals surface area (Å²) in [5.74, 6) is 1.32. The summed E-state index contributed by atoms with van der Waals surface area (Å²) in [5.41, 5.74) is 13.4. The van der Waals surface area contributed by atoms with Gasteiger partial charge in [0.1, 0.15) is 28.4 Å². The van der Waals surface area contributed by atoms with Gasteiger partial charge in [-0.2, -0.15) is 5.26 Å². The van der Waals surface area contributed by atoms with E-state index in [1.165, 1.54) is 0 Å². The maximum Gasteiger partial charge on any atom is 0.169 e. The quantitative estimate of drug-likeness (QED) is 0.165. The number of nitriles is 1. The normalized spacial score (nSPS) is 11.9. The molecule has 0 unspecified atom stereocenters. The second-order valence-electron chi connectivity index (χ2n) is 18.2. The lowest BCUT2D eigenvalue weighted by atomic mass is 9.96. The van der Waals surface area contributed by atoms with E-state index in [0.717, 1.165) is 110 Å². The monoisotopic (exact) mass is 920 g/mol. The molecule has 0 fully saturated rings. The second-order valence-corrected chi connectivity index (χ2v) is 18.2. The highest BCUT2D eigenvalue weighted by Crippen LogP contribution is 2.50. The van der Waals surface area contributed by atoms with E-state index < -0.39 is 0 Å². The minimum atomic E-state index is 0.340. The molecule has 10 aromatic carbocycles. The van der Waals surface area contributed by atoms with Crippen molar-refractivity contribution in [3.8, 4) is 62.7 Å². The van der Waals surface area contributed by atoms with Gasteiger partial charge in [-0.05, 0) is 66.2 Å². The van der Waals surface area contributed by atoms with E-state index in [9.17, 15) is 5.26 Å². The van der Waals surface area contributed by atoms with Crippen molar-refractivity contribution in [1.82, 2.24) is 24.1 Å². The van der Waals surface area contributed by atoms with Gasteiger partial charge in [0, 0.05) is 60.1 Å². The summed E-state index contributed by atoms with van der Waals surface area (Å²) >= 11 is 0. The van der Waals surface area contributed by atoms with Gasteiger partial charge in [-0.3, -0.25) is 0 Å². The minimum absolute atomic E-state index is 0.340. The first-order valence-electron chi connectivity index (χ1n) is 23.9. The summed E-state index contributed by atoms with van der Waals surface area (Å²) in [6, 6.07) is 77.5. The minimum Gasteiger partial charge on any atom is -0.456 e. The molecule has 0 aliphatic carbocycles. The van der Waals surface area contributed by atoms with E-state index in [4.69, 9.17) is 23.8 Å². The molecule has 0 radical (unpaired) electrons. The van der Waals surface area contributed by atoms with Gasteiger partial charge in [0.25, 0.3) is 0 Å². The standard InChI is InChI=1S/C64H36N6O2/c65-37-41-35-52(57-46-27-13-17-31-54(46)72-61(57)56(41)64-67-62(38-18-4-1-5-19-38)66-63(68-64)39-20-6-2-7-21-39)70-51-29-15-11-26-45(51)58-59(70)47(40-32-33-55-48(34-40)44-25-12-16-30-53(44)71-55)36-49-43-24-10-14-28-50(43)69(60(49)58)42-22-8-3-9-23-42/h1-36H. The smallest absolute Gasteiger partial charge is 0.169 e. The Labute approximate surface area is 410 Å². The molecule has 0 saturated heterocycles. The average Bonchev–Trinajstić information content (AvgIpc) is 4.21. The van der Waals surface area contributed by atoms with Crippen LogP contribution in [0.5, 0.6) is 0 Å². The zero-order valence-electron chi connectivity index (χ0n) is 38.3. The first kappa shape index (κ1) is 39.9. The van der Waals surface area contributed by atoms with E-state index in [0.29, 0.717) is 39.8 Å². The van der Waals surface area contributed by atoms with Crippen molar-refractivity contribution < 1.29 is 8.83 Å². The summed E-state index contributed by atoms with van der Waals surface area (Å²) in [6.45, 7) is 0. The number of nitrogens with zero attached hydrogens (tertiary/aromatic N) is 6. The molecule has 72 heavy (non-hydrogen) atoms. The molecule has 15 aromatic rings. The Morgan fingerprint density at radius 1 is 0.389 bits per heavy atom. The fraction of sp³-hybridized carbons (Fsp3) is 0. The van der Waals surface area contributed by atoms with Crippen LogP contribution in [0.4, 0.5) is 0 Å². The summed E-state index contributed by atoms with van der Waals surface area (Å²) in [6.07, 6.45) is 0. The van der Waals surface area contributed by atoms with Crippen molar-refractivity contribution in [3.05, 3.63) is 224 Å². The van der Waals surface area contributed by atoms with Crippen molar-refractivity contribution in [3.63, 3.8) is 0 Å². The molecule has 8 nitrogen and oxygen atoms in total. The molecule has 5 heterocycles. The fourth-order valence-electron chi connectivity index (χ4n) is 11.1. The van der Waals surface area contributed by atoms with Crippen molar-refractivity contribution in [1.29, 1.82) is 5.26 Å². The molecule has 334 valence electrons. The lowest BCUT2D eigenvalue weighted by molar-refractivity contribution is 0.668. The molecule has 8 heteroatoms. The average molecular weight is 921 g/mol. The fourth-order valence-corrected chi connectivity index (χ4v) is 11.1. The van der Waals surface area contributed by atoms with E-state index in [1.807, 2.05) is 97.1 Å². The zero-order valence-corrected chi connectivity index (χ0v) is 38.3. The molecule has 0 atom stereocenters. The van der Waals surface area contributed by atoms with Crippen LogP contribution in [-0.2, 0) is 0 Å². The summed E-state index contributed by atoms with van der Waals surface area (Å²) in [5, 5.41) is 19.8. The van der Waals surface area contributed by atoms with Gasteiger partial charge in [-0.1, -0.05) is 158 Å². The summed E-state index contributed by atoms with van der Waals surface area (Å²) < 4.78 is 18.2. The first-order valence-corrected chi connectivity index (χ1v) is 23.9. The highest BCUT2D eigenvalue weighted by atomic mass is 16.3. The molecule has 0 saturated carbocycles. The van der Waals surface area contributed by atoms with Gasteiger partial charge in [0.05, 0.1) is 44.3 Å². The second kappa shape index (κ2) is 15.5. The number of rotatable bonds is 6. The molecule has 0 amide bonds. The predicted molar refractivity (Wildman–Crippen MR) is 290 cm³/mol. The molecule has 0 aliphatic rings. The van der Waals surface area contributed by atoms with E-state index in [1.54, 1.807) is 0 Å². The first-order chi connectivity index (χ1) is 35.7. The molecule has 15 rings (SSSR count).